The van der Waals surface area contributed by atoms with E-state index >= 15 is 0 Å². The zero-order valence-electron chi connectivity index (χ0n) is 9.35. The molecule has 86 valence electrons. The van der Waals surface area contributed by atoms with Crippen LogP contribution in [0.15, 0.2) is 16.8 Å². The molecule has 0 saturated carbocycles. The highest BCUT2D eigenvalue weighted by atomic mass is 35.5. The van der Waals surface area contributed by atoms with Crippen LogP contribution in [-0.4, -0.2) is 14.8 Å². The van der Waals surface area contributed by atoms with Gasteiger partial charge in [-0.1, -0.05) is 13.8 Å². The predicted molar refractivity (Wildman–Crippen MR) is 67.1 cm³/mol. The van der Waals surface area contributed by atoms with Crippen LogP contribution in [-0.2, 0) is 13.0 Å². The van der Waals surface area contributed by atoms with Gasteiger partial charge in [0.15, 0.2) is 0 Å². The Hall–Kier alpha value is -0.870. The van der Waals surface area contributed by atoms with Crippen LogP contribution < -0.4 is 0 Å². The number of hydrogen-bond donors (Lipinski definition) is 0. The molecule has 0 N–H and O–H groups in total. The molecule has 0 aromatic carbocycles. The first kappa shape index (κ1) is 11.6. The molecule has 0 aliphatic rings. The molecule has 2 aromatic heterocycles. The van der Waals surface area contributed by atoms with Gasteiger partial charge in [-0.15, -0.1) is 10.2 Å². The van der Waals surface area contributed by atoms with Crippen molar-refractivity contribution in [2.24, 2.45) is 0 Å². The highest BCUT2D eigenvalue weighted by Crippen LogP contribution is 2.17. The maximum atomic E-state index is 6.02. The van der Waals surface area contributed by atoms with Crippen molar-refractivity contribution in [3.63, 3.8) is 0 Å². The molecule has 0 radical (unpaired) electrons. The van der Waals surface area contributed by atoms with E-state index < -0.39 is 0 Å². The molecule has 0 spiro atoms. The summed E-state index contributed by atoms with van der Waals surface area (Å²) in [5, 5.41) is 12.8. The van der Waals surface area contributed by atoms with E-state index in [1.54, 1.807) is 11.3 Å². The van der Waals surface area contributed by atoms with Gasteiger partial charge in [-0.2, -0.15) is 11.3 Å². The Morgan fingerprint density at radius 1 is 1.44 bits per heavy atom. The molecule has 0 bridgehead atoms. The summed E-state index contributed by atoms with van der Waals surface area (Å²) < 4.78 is 1.99. The maximum Gasteiger partial charge on any atom is 0.225 e. The number of hydrogen-bond acceptors (Lipinski definition) is 3. The van der Waals surface area contributed by atoms with Gasteiger partial charge in [-0.3, -0.25) is 0 Å². The topological polar surface area (TPSA) is 30.7 Å². The molecule has 0 fully saturated rings. The monoisotopic (exact) mass is 255 g/mol. The van der Waals surface area contributed by atoms with E-state index in [1.807, 2.05) is 4.57 Å². The highest BCUT2D eigenvalue weighted by Gasteiger charge is 2.12. The average molecular weight is 256 g/mol. The van der Waals surface area contributed by atoms with Gasteiger partial charge in [0, 0.05) is 12.5 Å². The fourth-order valence-electron chi connectivity index (χ4n) is 1.60. The van der Waals surface area contributed by atoms with Crippen molar-refractivity contribution < 1.29 is 0 Å². The Bertz CT molecular complexity index is 448. The molecule has 0 unspecified atom stereocenters. The lowest BCUT2D eigenvalue weighted by molar-refractivity contribution is 0.621. The Morgan fingerprint density at radius 3 is 2.88 bits per heavy atom. The summed E-state index contributed by atoms with van der Waals surface area (Å²) >= 11 is 7.74. The van der Waals surface area contributed by atoms with Gasteiger partial charge < -0.3 is 4.57 Å². The van der Waals surface area contributed by atoms with Crippen molar-refractivity contribution in [2.75, 3.05) is 0 Å². The van der Waals surface area contributed by atoms with Crippen molar-refractivity contribution >= 4 is 22.9 Å². The predicted octanol–water partition coefficient (Wildman–Crippen LogP) is 3.36. The SMILES string of the molecule is CC(C)c1nnc(Cl)n1CCc1ccsc1. The summed E-state index contributed by atoms with van der Waals surface area (Å²) in [6.45, 7) is 5.04. The fraction of sp³-hybridized carbons (Fsp3) is 0.455. The first-order valence-corrected chi connectivity index (χ1v) is 6.60. The van der Waals surface area contributed by atoms with Crippen LogP contribution in [0.4, 0.5) is 0 Å². The second kappa shape index (κ2) is 4.97. The Kier molecular flexibility index (Phi) is 3.61. The van der Waals surface area contributed by atoms with Gasteiger partial charge in [-0.25, -0.2) is 0 Å². The molecule has 2 rings (SSSR count). The first-order chi connectivity index (χ1) is 7.68. The number of aryl methyl sites for hydroxylation is 1. The number of thiophene rings is 1. The second-order valence-electron chi connectivity index (χ2n) is 4.02. The van der Waals surface area contributed by atoms with Crippen molar-refractivity contribution in [2.45, 2.75) is 32.7 Å². The number of nitrogens with zero attached hydrogens (tertiary/aromatic N) is 3. The van der Waals surface area contributed by atoms with Crippen LogP contribution in [0.5, 0.6) is 0 Å². The second-order valence-corrected chi connectivity index (χ2v) is 5.13. The Labute approximate surface area is 104 Å². The van der Waals surface area contributed by atoms with Gasteiger partial charge in [0.05, 0.1) is 0 Å². The van der Waals surface area contributed by atoms with E-state index in [0.29, 0.717) is 11.2 Å². The minimum Gasteiger partial charge on any atom is -0.301 e. The maximum absolute atomic E-state index is 6.02. The minimum atomic E-state index is 0.350. The summed E-state index contributed by atoms with van der Waals surface area (Å²) in [6, 6.07) is 2.14. The van der Waals surface area contributed by atoms with Gasteiger partial charge in [0.2, 0.25) is 5.28 Å². The van der Waals surface area contributed by atoms with Crippen molar-refractivity contribution in [1.29, 1.82) is 0 Å². The van der Waals surface area contributed by atoms with E-state index in [-0.39, 0.29) is 0 Å². The lowest BCUT2D eigenvalue weighted by atomic mass is 10.2. The van der Waals surface area contributed by atoms with Crippen molar-refractivity contribution in [1.82, 2.24) is 14.8 Å². The van der Waals surface area contributed by atoms with Crippen LogP contribution >= 0.6 is 22.9 Å². The number of aromatic nitrogens is 3. The summed E-state index contributed by atoms with van der Waals surface area (Å²) in [4.78, 5) is 0. The standard InChI is InChI=1S/C11H14ClN3S/c1-8(2)10-13-14-11(12)15(10)5-3-9-4-6-16-7-9/h4,6-8H,3,5H2,1-2H3. The van der Waals surface area contributed by atoms with Crippen LogP contribution in [0.3, 0.4) is 0 Å². The lowest BCUT2D eigenvalue weighted by Gasteiger charge is -2.09. The van der Waals surface area contributed by atoms with E-state index in [4.69, 9.17) is 11.6 Å². The summed E-state index contributed by atoms with van der Waals surface area (Å²) in [5.41, 5.74) is 1.34. The van der Waals surface area contributed by atoms with E-state index in [2.05, 4.69) is 40.9 Å². The largest absolute Gasteiger partial charge is 0.301 e. The highest BCUT2D eigenvalue weighted by molar-refractivity contribution is 7.07. The van der Waals surface area contributed by atoms with E-state index in [1.165, 1.54) is 5.56 Å². The normalized spacial score (nSPS) is 11.2. The molecule has 0 aliphatic carbocycles. The molecule has 0 saturated heterocycles. The molecular weight excluding hydrogens is 242 g/mol. The first-order valence-electron chi connectivity index (χ1n) is 5.28. The van der Waals surface area contributed by atoms with E-state index in [9.17, 15) is 0 Å². The molecule has 2 heterocycles. The molecule has 0 atom stereocenters. The Morgan fingerprint density at radius 2 is 2.25 bits per heavy atom. The van der Waals surface area contributed by atoms with Crippen molar-refractivity contribution in [3.05, 3.63) is 33.5 Å². The number of halogens is 1. The van der Waals surface area contributed by atoms with Gasteiger partial charge in [-0.05, 0) is 40.4 Å². The summed E-state index contributed by atoms with van der Waals surface area (Å²) in [6.07, 6.45) is 0.973. The zero-order chi connectivity index (χ0) is 11.5. The third kappa shape index (κ3) is 2.44. The average Bonchev–Trinajstić information content (AvgIpc) is 2.84. The van der Waals surface area contributed by atoms with Gasteiger partial charge >= 0.3 is 0 Å². The fourth-order valence-corrected chi connectivity index (χ4v) is 2.52. The molecule has 5 heteroatoms. The minimum absolute atomic E-state index is 0.350. The molecule has 3 nitrogen and oxygen atoms in total. The third-order valence-electron chi connectivity index (χ3n) is 2.45. The van der Waals surface area contributed by atoms with Crippen LogP contribution in [0, 0.1) is 0 Å². The van der Waals surface area contributed by atoms with Crippen LogP contribution in [0.25, 0.3) is 0 Å². The molecule has 16 heavy (non-hydrogen) atoms. The van der Waals surface area contributed by atoms with E-state index in [0.717, 1.165) is 18.8 Å². The van der Waals surface area contributed by atoms with Gasteiger partial charge in [0.1, 0.15) is 5.82 Å². The van der Waals surface area contributed by atoms with Crippen molar-refractivity contribution in [3.8, 4) is 0 Å². The Balaban J connectivity index is 2.11. The number of rotatable bonds is 4. The molecular formula is C11H14ClN3S. The third-order valence-corrected chi connectivity index (χ3v) is 3.47. The van der Waals surface area contributed by atoms with Crippen LogP contribution in [0.1, 0.15) is 31.2 Å². The van der Waals surface area contributed by atoms with Crippen LogP contribution in [0.2, 0.25) is 5.28 Å². The summed E-state index contributed by atoms with van der Waals surface area (Å²) in [7, 11) is 0. The molecule has 0 aliphatic heterocycles. The smallest absolute Gasteiger partial charge is 0.225 e. The zero-order valence-corrected chi connectivity index (χ0v) is 10.9. The lowest BCUT2D eigenvalue weighted by Crippen LogP contribution is -2.07. The molecule has 2 aromatic rings. The van der Waals surface area contributed by atoms with Gasteiger partial charge in [0.25, 0.3) is 0 Å². The quantitative estimate of drug-likeness (QED) is 0.839. The molecule has 0 amide bonds. The summed E-state index contributed by atoms with van der Waals surface area (Å²) in [5.74, 6) is 1.31.